The average Bonchev–Trinajstić information content (AvgIpc) is 2.46. The highest BCUT2D eigenvalue weighted by atomic mass is 35.5. The summed E-state index contributed by atoms with van der Waals surface area (Å²) < 4.78 is 10.5. The van der Waals surface area contributed by atoms with Gasteiger partial charge in [0.1, 0.15) is 11.5 Å². The summed E-state index contributed by atoms with van der Waals surface area (Å²) in [6.07, 6.45) is 0. The second-order valence-electron chi connectivity index (χ2n) is 4.08. The number of benzene rings is 2. The minimum Gasteiger partial charge on any atom is -0.497 e. The normalized spacial score (nSPS) is 10.1. The third-order valence-corrected chi connectivity index (χ3v) is 3.01. The number of methoxy groups -OCH3 is 2. The Hall–Kier alpha value is -1.87. The molecule has 0 spiro atoms. The van der Waals surface area contributed by atoms with Gasteiger partial charge in [-0.25, -0.2) is 0 Å². The van der Waals surface area contributed by atoms with Crippen molar-refractivity contribution in [3.8, 4) is 11.5 Å². The first kappa shape index (κ1) is 13.6. The van der Waals surface area contributed by atoms with Crippen LogP contribution in [0.1, 0.15) is 5.56 Å². The van der Waals surface area contributed by atoms with Crippen LogP contribution in [0.25, 0.3) is 0 Å². The summed E-state index contributed by atoms with van der Waals surface area (Å²) in [5.41, 5.74) is 2.11. The molecule has 1 N–H and O–H groups in total. The van der Waals surface area contributed by atoms with Gasteiger partial charge in [0.25, 0.3) is 0 Å². The SMILES string of the molecule is COc1cc(NCc2ccc(Cl)cc2)cc(OC)c1. The van der Waals surface area contributed by atoms with Gasteiger partial charge in [-0.1, -0.05) is 23.7 Å². The molecule has 0 saturated carbocycles. The fourth-order valence-electron chi connectivity index (χ4n) is 1.72. The van der Waals surface area contributed by atoms with Gasteiger partial charge in [0.2, 0.25) is 0 Å². The van der Waals surface area contributed by atoms with E-state index in [9.17, 15) is 0 Å². The van der Waals surface area contributed by atoms with Crippen molar-refractivity contribution in [2.45, 2.75) is 6.54 Å². The molecule has 0 aliphatic carbocycles. The Morgan fingerprint density at radius 2 is 1.53 bits per heavy atom. The molecule has 0 radical (unpaired) electrons. The summed E-state index contributed by atoms with van der Waals surface area (Å²) in [5.74, 6) is 1.52. The van der Waals surface area contributed by atoms with Crippen LogP contribution in [-0.2, 0) is 6.54 Å². The highest BCUT2D eigenvalue weighted by Crippen LogP contribution is 2.26. The number of hydrogen-bond donors (Lipinski definition) is 1. The lowest BCUT2D eigenvalue weighted by molar-refractivity contribution is 0.394. The van der Waals surface area contributed by atoms with Crippen LogP contribution in [-0.4, -0.2) is 14.2 Å². The Labute approximate surface area is 118 Å². The molecule has 2 rings (SSSR count). The van der Waals surface area contributed by atoms with E-state index in [1.54, 1.807) is 14.2 Å². The van der Waals surface area contributed by atoms with Crippen LogP contribution in [0.4, 0.5) is 5.69 Å². The van der Waals surface area contributed by atoms with Gasteiger partial charge in [-0.2, -0.15) is 0 Å². The molecule has 0 atom stereocenters. The highest BCUT2D eigenvalue weighted by Gasteiger charge is 2.01. The Morgan fingerprint density at radius 1 is 0.947 bits per heavy atom. The van der Waals surface area contributed by atoms with Gasteiger partial charge in [0, 0.05) is 35.5 Å². The van der Waals surface area contributed by atoms with Gasteiger partial charge in [0.05, 0.1) is 14.2 Å². The van der Waals surface area contributed by atoms with E-state index in [-0.39, 0.29) is 0 Å². The zero-order valence-corrected chi connectivity index (χ0v) is 11.7. The van der Waals surface area contributed by atoms with Crippen molar-refractivity contribution in [3.05, 3.63) is 53.1 Å². The fraction of sp³-hybridized carbons (Fsp3) is 0.200. The standard InChI is InChI=1S/C15H16ClNO2/c1-18-14-7-13(8-15(9-14)19-2)17-10-11-3-5-12(16)6-4-11/h3-9,17H,10H2,1-2H3. The van der Waals surface area contributed by atoms with Crippen molar-refractivity contribution < 1.29 is 9.47 Å². The van der Waals surface area contributed by atoms with Crippen molar-refractivity contribution in [2.75, 3.05) is 19.5 Å². The largest absolute Gasteiger partial charge is 0.497 e. The Morgan fingerprint density at radius 3 is 2.05 bits per heavy atom. The van der Waals surface area contributed by atoms with Crippen LogP contribution >= 0.6 is 11.6 Å². The average molecular weight is 278 g/mol. The van der Waals surface area contributed by atoms with Crippen molar-refractivity contribution in [1.82, 2.24) is 0 Å². The number of hydrogen-bond acceptors (Lipinski definition) is 3. The molecule has 0 amide bonds. The lowest BCUT2D eigenvalue weighted by Gasteiger charge is -2.10. The first-order chi connectivity index (χ1) is 9.21. The Bertz CT molecular complexity index is 518. The molecule has 19 heavy (non-hydrogen) atoms. The first-order valence-corrected chi connectivity index (χ1v) is 6.30. The summed E-state index contributed by atoms with van der Waals surface area (Å²) >= 11 is 5.85. The molecular weight excluding hydrogens is 262 g/mol. The van der Waals surface area contributed by atoms with E-state index in [2.05, 4.69) is 5.32 Å². The maximum absolute atomic E-state index is 5.85. The monoisotopic (exact) mass is 277 g/mol. The van der Waals surface area contributed by atoms with E-state index in [1.165, 1.54) is 0 Å². The van der Waals surface area contributed by atoms with Gasteiger partial charge in [0.15, 0.2) is 0 Å². The predicted molar refractivity (Wildman–Crippen MR) is 78.3 cm³/mol. The van der Waals surface area contributed by atoms with E-state index in [0.717, 1.165) is 27.8 Å². The Balaban J connectivity index is 2.08. The molecule has 4 heteroatoms. The summed E-state index contributed by atoms with van der Waals surface area (Å²) in [5, 5.41) is 4.07. The molecule has 2 aromatic carbocycles. The topological polar surface area (TPSA) is 30.5 Å². The highest BCUT2D eigenvalue weighted by molar-refractivity contribution is 6.30. The minimum atomic E-state index is 0.716. The molecule has 0 saturated heterocycles. The molecule has 0 aromatic heterocycles. The van der Waals surface area contributed by atoms with Crippen molar-refractivity contribution in [3.63, 3.8) is 0 Å². The van der Waals surface area contributed by atoms with Crippen molar-refractivity contribution >= 4 is 17.3 Å². The third kappa shape index (κ3) is 3.80. The number of anilines is 1. The van der Waals surface area contributed by atoms with Crippen LogP contribution in [0.5, 0.6) is 11.5 Å². The molecule has 3 nitrogen and oxygen atoms in total. The maximum Gasteiger partial charge on any atom is 0.124 e. The van der Waals surface area contributed by atoms with E-state index >= 15 is 0 Å². The zero-order chi connectivity index (χ0) is 13.7. The number of ether oxygens (including phenoxy) is 2. The number of nitrogens with one attached hydrogen (secondary N) is 1. The van der Waals surface area contributed by atoms with E-state index < -0.39 is 0 Å². The predicted octanol–water partition coefficient (Wildman–Crippen LogP) is 3.97. The molecule has 0 fully saturated rings. The summed E-state index contributed by atoms with van der Waals surface area (Å²) in [6, 6.07) is 13.4. The molecule has 0 aliphatic rings. The van der Waals surface area contributed by atoms with Crippen LogP contribution in [0.3, 0.4) is 0 Å². The van der Waals surface area contributed by atoms with Gasteiger partial charge in [-0.3, -0.25) is 0 Å². The smallest absolute Gasteiger partial charge is 0.124 e. The van der Waals surface area contributed by atoms with E-state index in [0.29, 0.717) is 6.54 Å². The second-order valence-corrected chi connectivity index (χ2v) is 4.52. The summed E-state index contributed by atoms with van der Waals surface area (Å²) in [7, 11) is 3.27. The van der Waals surface area contributed by atoms with Gasteiger partial charge >= 0.3 is 0 Å². The molecule has 0 bridgehead atoms. The number of halogens is 1. The van der Waals surface area contributed by atoms with E-state index in [1.807, 2.05) is 42.5 Å². The van der Waals surface area contributed by atoms with E-state index in [4.69, 9.17) is 21.1 Å². The third-order valence-electron chi connectivity index (χ3n) is 2.76. The fourth-order valence-corrected chi connectivity index (χ4v) is 1.84. The van der Waals surface area contributed by atoms with Gasteiger partial charge in [-0.15, -0.1) is 0 Å². The zero-order valence-electron chi connectivity index (χ0n) is 10.9. The molecule has 0 unspecified atom stereocenters. The first-order valence-electron chi connectivity index (χ1n) is 5.92. The summed E-state index contributed by atoms with van der Waals surface area (Å²) in [4.78, 5) is 0. The van der Waals surface area contributed by atoms with Crippen LogP contribution in [0.2, 0.25) is 5.02 Å². The molecule has 0 aliphatic heterocycles. The summed E-state index contributed by atoms with van der Waals surface area (Å²) in [6.45, 7) is 0.716. The van der Waals surface area contributed by atoms with Crippen LogP contribution < -0.4 is 14.8 Å². The molecule has 100 valence electrons. The lowest BCUT2D eigenvalue weighted by Crippen LogP contribution is -2.00. The molecule has 0 heterocycles. The minimum absolute atomic E-state index is 0.716. The second kappa shape index (κ2) is 6.34. The van der Waals surface area contributed by atoms with Crippen LogP contribution in [0.15, 0.2) is 42.5 Å². The lowest BCUT2D eigenvalue weighted by atomic mass is 10.2. The van der Waals surface area contributed by atoms with Crippen LogP contribution in [0, 0.1) is 0 Å². The van der Waals surface area contributed by atoms with Gasteiger partial charge in [-0.05, 0) is 17.7 Å². The molecular formula is C15H16ClNO2. The maximum atomic E-state index is 5.85. The number of rotatable bonds is 5. The quantitative estimate of drug-likeness (QED) is 0.897. The van der Waals surface area contributed by atoms with Crippen molar-refractivity contribution in [1.29, 1.82) is 0 Å². The van der Waals surface area contributed by atoms with Crippen molar-refractivity contribution in [2.24, 2.45) is 0 Å². The Kier molecular flexibility index (Phi) is 4.53. The van der Waals surface area contributed by atoms with Gasteiger partial charge < -0.3 is 14.8 Å². The molecule has 2 aromatic rings.